The number of benzene rings is 8. The summed E-state index contributed by atoms with van der Waals surface area (Å²) in [5.74, 6) is -1.35. The van der Waals surface area contributed by atoms with Gasteiger partial charge in [-0.2, -0.15) is 10.5 Å². The van der Waals surface area contributed by atoms with Crippen molar-refractivity contribution < 1.29 is 19.8 Å². The molecular formula is C83H78N4O4S2. The van der Waals surface area contributed by atoms with Gasteiger partial charge in [0.25, 0.3) is 0 Å². The topological polar surface area (TPSA) is 129 Å². The molecule has 8 nitrogen and oxygen atoms in total. The highest BCUT2D eigenvalue weighted by molar-refractivity contribution is 7.16. The largest absolute Gasteiger partial charge is 0.477 e. The lowest BCUT2D eigenvalue weighted by Gasteiger charge is -2.39. The zero-order valence-electron chi connectivity index (χ0n) is 53.8. The molecular weight excluding hydrogens is 1180 g/mol. The van der Waals surface area contributed by atoms with E-state index in [2.05, 4.69) is 233 Å². The third-order valence-electron chi connectivity index (χ3n) is 18.6. The van der Waals surface area contributed by atoms with Crippen LogP contribution in [0.5, 0.6) is 0 Å². The molecule has 93 heavy (non-hydrogen) atoms. The first kappa shape index (κ1) is 64.7. The second-order valence-corrected chi connectivity index (χ2v) is 27.0. The molecule has 0 amide bonds. The Balaban J connectivity index is 0.947. The summed E-state index contributed by atoms with van der Waals surface area (Å²) < 4.78 is 0. The number of carbonyl (C=O) groups is 2. The molecule has 2 unspecified atom stereocenters. The van der Waals surface area contributed by atoms with Crippen molar-refractivity contribution in [1.82, 2.24) is 0 Å². The van der Waals surface area contributed by atoms with E-state index in [1.54, 1.807) is 12.1 Å². The van der Waals surface area contributed by atoms with E-state index in [9.17, 15) is 30.3 Å². The Hall–Kier alpha value is -9.84. The first-order chi connectivity index (χ1) is 45.2. The number of nitrogens with zero attached hydrogens (tertiary/aromatic N) is 4. The van der Waals surface area contributed by atoms with Gasteiger partial charge in [-0.1, -0.05) is 187 Å². The van der Waals surface area contributed by atoms with Crippen molar-refractivity contribution >= 4 is 80.9 Å². The number of aryl methyl sites for hydroxylation is 2. The number of thiophene rings is 2. The number of nitriles is 2. The first-order valence-corrected chi connectivity index (χ1v) is 34.2. The normalized spacial score (nSPS) is 13.1. The van der Waals surface area contributed by atoms with Gasteiger partial charge in [0.05, 0.1) is 0 Å². The lowest BCUT2D eigenvalue weighted by atomic mass is 9.64. The van der Waals surface area contributed by atoms with Crippen molar-refractivity contribution in [2.75, 3.05) is 9.80 Å². The SMILES string of the molecule is CCCCC(CC)CC1(CC(CC)CCCC)c2cc(-c3ccc(N(c4ccc(C)cc4)c4ccc(-c5ccc(/C=C(/C#N)C(=O)O)s5)cc4)cc3)ccc2-c2ccc(-c3ccc(N(c4ccc(C)cc4)c4ccc(-c5ccc(/C=C(/C#N)C(=O)O)s5)cc4)cc3)cc21. The predicted octanol–water partition coefficient (Wildman–Crippen LogP) is 23.5. The van der Waals surface area contributed by atoms with Crippen molar-refractivity contribution in [1.29, 1.82) is 10.5 Å². The van der Waals surface area contributed by atoms with Gasteiger partial charge in [-0.25, -0.2) is 9.59 Å². The number of aliphatic carboxylic acids is 2. The minimum Gasteiger partial charge on any atom is -0.477 e. The maximum absolute atomic E-state index is 11.6. The van der Waals surface area contributed by atoms with E-state index in [0.29, 0.717) is 21.6 Å². The van der Waals surface area contributed by atoms with Crippen LogP contribution in [-0.2, 0) is 15.0 Å². The minimum atomic E-state index is -1.24. The fraction of sp³-hybridized carbons (Fsp3) is 0.229. The first-order valence-electron chi connectivity index (χ1n) is 32.6. The molecule has 466 valence electrons. The second-order valence-electron chi connectivity index (χ2n) is 24.7. The number of anilines is 6. The number of rotatable bonds is 26. The van der Waals surface area contributed by atoms with Crippen LogP contribution in [0.4, 0.5) is 34.1 Å². The van der Waals surface area contributed by atoms with Crippen LogP contribution in [0.25, 0.3) is 66.4 Å². The number of hydrogen-bond acceptors (Lipinski definition) is 8. The van der Waals surface area contributed by atoms with Crippen LogP contribution < -0.4 is 9.80 Å². The van der Waals surface area contributed by atoms with Crippen molar-refractivity contribution in [3.8, 4) is 66.4 Å². The van der Waals surface area contributed by atoms with Gasteiger partial charge in [-0.05, 0) is 216 Å². The molecule has 0 fully saturated rings. The molecule has 0 saturated heterocycles. The van der Waals surface area contributed by atoms with Crippen molar-refractivity contribution in [2.45, 2.75) is 111 Å². The van der Waals surface area contributed by atoms with Crippen LogP contribution in [0.3, 0.4) is 0 Å². The maximum Gasteiger partial charge on any atom is 0.346 e. The fourth-order valence-corrected chi connectivity index (χ4v) is 15.3. The van der Waals surface area contributed by atoms with E-state index in [4.69, 9.17) is 0 Å². The number of carboxylic acids is 2. The molecule has 2 heterocycles. The average molecular weight is 1260 g/mol. The third-order valence-corrected chi connectivity index (χ3v) is 20.7. The summed E-state index contributed by atoms with van der Waals surface area (Å²) in [6.07, 6.45) is 14.5. The van der Waals surface area contributed by atoms with Crippen LogP contribution in [0.1, 0.15) is 124 Å². The van der Waals surface area contributed by atoms with Crippen LogP contribution in [0, 0.1) is 48.3 Å². The molecule has 2 aromatic heterocycles. The molecule has 0 radical (unpaired) electrons. The molecule has 11 rings (SSSR count). The molecule has 0 saturated carbocycles. The summed E-state index contributed by atoms with van der Waals surface area (Å²) in [5.41, 5.74) is 20.2. The molecule has 0 bridgehead atoms. The second kappa shape index (κ2) is 29.2. The summed E-state index contributed by atoms with van der Waals surface area (Å²) in [6.45, 7) is 13.7. The molecule has 1 aliphatic carbocycles. The molecule has 2 N–H and O–H groups in total. The standard InChI is InChI=1S/C83H78N4O4S2/c1-7-11-13-57(9-3)51-83(52-58(10-4)14-12-8-2)77-49-63(59-19-33-69(34-20-59)86(67-29-15-55(5)16-30-67)71-37-23-61(24-38-71)79-45-41-73(92-79)47-65(53-84)81(88)89)27-43-75(77)76-44-28-64(50-78(76)83)60-21-35-70(36-22-60)87(68-31-17-56(6)18-32-68)72-39-25-62(26-40-72)80-46-42-74(93-80)48-66(54-85)82(90)91/h15-50,57-58H,7-14,51-52H2,1-6H3,(H,88,89)(H,90,91)/b65-47-,66-48-. The van der Waals surface area contributed by atoms with E-state index >= 15 is 0 Å². The lowest BCUT2D eigenvalue weighted by molar-refractivity contribution is -0.133. The fourth-order valence-electron chi connectivity index (χ4n) is 13.4. The Morgan fingerprint density at radius 1 is 0.441 bits per heavy atom. The number of carboxylic acid groups (broad SMARTS) is 2. The summed E-state index contributed by atoms with van der Waals surface area (Å²) in [7, 11) is 0. The molecule has 1 aliphatic rings. The summed E-state index contributed by atoms with van der Waals surface area (Å²) in [5, 5.41) is 37.6. The summed E-state index contributed by atoms with van der Waals surface area (Å²) >= 11 is 2.91. The lowest BCUT2D eigenvalue weighted by Crippen LogP contribution is -2.31. The Bertz CT molecular complexity index is 4140. The van der Waals surface area contributed by atoms with Crippen LogP contribution in [0.2, 0.25) is 0 Å². The van der Waals surface area contributed by atoms with Gasteiger partial charge >= 0.3 is 11.9 Å². The van der Waals surface area contributed by atoms with Crippen LogP contribution in [0.15, 0.2) is 217 Å². The Morgan fingerprint density at radius 3 is 1.05 bits per heavy atom. The van der Waals surface area contributed by atoms with E-state index in [1.807, 2.05) is 24.3 Å². The van der Waals surface area contributed by atoms with E-state index < -0.39 is 11.9 Å². The number of unbranched alkanes of at least 4 members (excludes halogenated alkanes) is 2. The maximum atomic E-state index is 11.6. The molecule has 8 aromatic carbocycles. The minimum absolute atomic E-state index is 0.207. The van der Waals surface area contributed by atoms with Gasteiger partial charge in [0.1, 0.15) is 23.3 Å². The van der Waals surface area contributed by atoms with Gasteiger partial charge in [-0.15, -0.1) is 22.7 Å². The van der Waals surface area contributed by atoms with Gasteiger partial charge in [0.2, 0.25) is 0 Å². The Kier molecular flexibility index (Phi) is 20.3. The Morgan fingerprint density at radius 2 is 0.753 bits per heavy atom. The van der Waals surface area contributed by atoms with Gasteiger partial charge in [0, 0.05) is 59.0 Å². The molecule has 0 spiro atoms. The molecule has 10 aromatic rings. The number of hydrogen-bond donors (Lipinski definition) is 2. The highest BCUT2D eigenvalue weighted by Crippen LogP contribution is 2.58. The van der Waals surface area contributed by atoms with Gasteiger partial charge in [0.15, 0.2) is 0 Å². The highest BCUT2D eigenvalue weighted by Gasteiger charge is 2.46. The zero-order chi connectivity index (χ0) is 65.2. The molecule has 0 aliphatic heterocycles. The smallest absolute Gasteiger partial charge is 0.346 e. The van der Waals surface area contributed by atoms with E-state index in [1.165, 1.54) is 129 Å². The highest BCUT2D eigenvalue weighted by atomic mass is 32.1. The van der Waals surface area contributed by atoms with Crippen molar-refractivity contribution in [2.24, 2.45) is 11.8 Å². The monoisotopic (exact) mass is 1260 g/mol. The van der Waals surface area contributed by atoms with Gasteiger partial charge < -0.3 is 20.0 Å². The zero-order valence-corrected chi connectivity index (χ0v) is 55.5. The summed E-state index contributed by atoms with van der Waals surface area (Å²) in [4.78, 5) is 31.1. The van der Waals surface area contributed by atoms with Crippen molar-refractivity contribution in [3.05, 3.63) is 249 Å². The van der Waals surface area contributed by atoms with Crippen molar-refractivity contribution in [3.63, 3.8) is 0 Å². The van der Waals surface area contributed by atoms with Crippen LogP contribution >= 0.6 is 22.7 Å². The summed E-state index contributed by atoms with van der Waals surface area (Å²) in [6, 6.07) is 78.2. The number of fused-ring (bicyclic) bond motifs is 3. The Labute approximate surface area is 556 Å². The molecule has 10 heteroatoms. The van der Waals surface area contributed by atoms with Crippen LogP contribution in [-0.4, -0.2) is 22.2 Å². The third kappa shape index (κ3) is 14.3. The molecule has 2 atom stereocenters. The predicted molar refractivity (Wildman–Crippen MR) is 387 cm³/mol. The quantitative estimate of drug-likeness (QED) is 0.0405. The van der Waals surface area contributed by atoms with Gasteiger partial charge in [-0.3, -0.25) is 0 Å². The van der Waals surface area contributed by atoms with E-state index in [-0.39, 0.29) is 16.6 Å². The average Bonchev–Trinajstić information content (AvgIpc) is 1.57. The van der Waals surface area contributed by atoms with E-state index in [0.717, 1.165) is 80.7 Å².